The molecular formula is C20H25ClN4S. The number of aromatic nitrogens is 3. The van der Waals surface area contributed by atoms with Crippen molar-refractivity contribution in [2.45, 2.75) is 41.2 Å². The van der Waals surface area contributed by atoms with Gasteiger partial charge in [0.15, 0.2) is 5.82 Å². The lowest BCUT2D eigenvalue weighted by atomic mass is 10.1. The maximum absolute atomic E-state index is 6.42. The molecule has 0 aliphatic rings. The van der Waals surface area contributed by atoms with Crippen LogP contribution in [-0.4, -0.2) is 14.8 Å². The van der Waals surface area contributed by atoms with Gasteiger partial charge in [0.1, 0.15) is 4.83 Å². The smallest absolute Gasteiger partial charge is 0.163 e. The minimum absolute atomic E-state index is 0.524. The molecule has 2 N–H and O–H groups in total. The molecule has 0 bridgehead atoms. The minimum Gasteiger partial charge on any atom is -0.381 e. The minimum atomic E-state index is 0.524. The van der Waals surface area contributed by atoms with Crippen molar-refractivity contribution in [2.75, 3.05) is 5.73 Å². The third kappa shape index (κ3) is 3.55. The van der Waals surface area contributed by atoms with Crippen LogP contribution in [0.2, 0.25) is 5.02 Å². The molecule has 0 unspecified atom stereocenters. The van der Waals surface area contributed by atoms with Gasteiger partial charge < -0.3 is 5.73 Å². The molecule has 4 nitrogen and oxygen atoms in total. The Morgan fingerprint density at radius 3 is 2.65 bits per heavy atom. The molecule has 138 valence electrons. The number of hydrogen-bond acceptors (Lipinski definition) is 4. The Labute approximate surface area is 163 Å². The summed E-state index contributed by atoms with van der Waals surface area (Å²) in [6.45, 7) is 14.4. The van der Waals surface area contributed by atoms with E-state index in [1.165, 1.54) is 0 Å². The first-order valence-electron chi connectivity index (χ1n) is 8.63. The summed E-state index contributed by atoms with van der Waals surface area (Å²) in [5.74, 6) is 0.524. The molecule has 0 aliphatic carbocycles. The van der Waals surface area contributed by atoms with Gasteiger partial charge >= 0.3 is 0 Å². The zero-order valence-electron chi connectivity index (χ0n) is 15.9. The van der Waals surface area contributed by atoms with Crippen molar-refractivity contribution >= 4 is 49.2 Å². The van der Waals surface area contributed by atoms with Crippen LogP contribution in [0.15, 0.2) is 36.5 Å². The number of allylic oxidation sites excluding steroid dienone is 5. The van der Waals surface area contributed by atoms with Gasteiger partial charge in [-0.05, 0) is 31.9 Å². The van der Waals surface area contributed by atoms with Gasteiger partial charge in [0, 0.05) is 5.39 Å². The van der Waals surface area contributed by atoms with E-state index in [0.29, 0.717) is 17.4 Å². The summed E-state index contributed by atoms with van der Waals surface area (Å²) in [5, 5.41) is 6.24. The number of aryl methyl sites for hydroxylation is 2. The highest BCUT2D eigenvalue weighted by Crippen LogP contribution is 2.40. The van der Waals surface area contributed by atoms with Crippen LogP contribution in [0.3, 0.4) is 0 Å². The van der Waals surface area contributed by atoms with Gasteiger partial charge in [-0.25, -0.2) is 4.98 Å². The number of nitrogen functional groups attached to an aromatic ring is 1. The van der Waals surface area contributed by atoms with Crippen molar-refractivity contribution in [3.05, 3.63) is 52.7 Å². The first-order chi connectivity index (χ1) is 12.5. The highest BCUT2D eigenvalue weighted by Gasteiger charge is 2.20. The van der Waals surface area contributed by atoms with Crippen molar-refractivity contribution in [1.29, 1.82) is 0 Å². The molecule has 3 heterocycles. The molecular weight excluding hydrogens is 364 g/mol. The van der Waals surface area contributed by atoms with Gasteiger partial charge in [0.05, 0.1) is 27.5 Å². The second-order valence-corrected chi connectivity index (χ2v) is 6.99. The van der Waals surface area contributed by atoms with E-state index in [-0.39, 0.29) is 0 Å². The molecule has 26 heavy (non-hydrogen) atoms. The molecule has 3 rings (SSSR count). The SMILES string of the molecule is C=C/C(=C\C=C/C)Cn1nc(N)c2sc3nc(C)c(Cl)c(C)c3c21.CC. The van der Waals surface area contributed by atoms with Crippen LogP contribution in [0, 0.1) is 13.8 Å². The number of nitrogens with zero attached hydrogens (tertiary/aromatic N) is 3. The van der Waals surface area contributed by atoms with Gasteiger partial charge in [0.2, 0.25) is 0 Å². The monoisotopic (exact) mass is 388 g/mol. The van der Waals surface area contributed by atoms with Gasteiger partial charge in [-0.15, -0.1) is 11.3 Å². The van der Waals surface area contributed by atoms with Crippen molar-refractivity contribution in [1.82, 2.24) is 14.8 Å². The lowest BCUT2D eigenvalue weighted by Gasteiger charge is -2.07. The summed E-state index contributed by atoms with van der Waals surface area (Å²) in [4.78, 5) is 5.56. The third-order valence-corrected chi connectivity index (χ3v) is 5.62. The summed E-state index contributed by atoms with van der Waals surface area (Å²) in [6, 6.07) is 0. The number of pyridine rings is 1. The summed E-state index contributed by atoms with van der Waals surface area (Å²) >= 11 is 7.98. The molecule has 0 atom stereocenters. The van der Waals surface area contributed by atoms with Crippen LogP contribution < -0.4 is 5.73 Å². The van der Waals surface area contributed by atoms with Gasteiger partial charge in [-0.1, -0.05) is 56.3 Å². The third-order valence-electron chi connectivity index (χ3n) is 3.97. The Bertz CT molecular complexity index is 1010. The predicted octanol–water partition coefficient (Wildman–Crippen LogP) is 6.21. The second kappa shape index (κ2) is 8.52. The Balaban J connectivity index is 0.00000117. The number of rotatable bonds is 4. The summed E-state index contributed by atoms with van der Waals surface area (Å²) < 4.78 is 2.87. The molecule has 0 spiro atoms. The number of thiophene rings is 1. The van der Waals surface area contributed by atoms with Crippen LogP contribution >= 0.6 is 22.9 Å². The number of hydrogen-bond donors (Lipinski definition) is 1. The molecule has 6 heteroatoms. The van der Waals surface area contributed by atoms with Crippen molar-refractivity contribution in [2.24, 2.45) is 0 Å². The lowest BCUT2D eigenvalue weighted by molar-refractivity contribution is 0.717. The van der Waals surface area contributed by atoms with Crippen LogP contribution in [0.4, 0.5) is 5.82 Å². The molecule has 3 aromatic heterocycles. The number of fused-ring (bicyclic) bond motifs is 3. The van der Waals surface area contributed by atoms with Gasteiger partial charge in [-0.2, -0.15) is 5.10 Å². The maximum atomic E-state index is 6.42. The zero-order valence-corrected chi connectivity index (χ0v) is 17.5. The predicted molar refractivity (Wildman–Crippen MR) is 116 cm³/mol. The lowest BCUT2D eigenvalue weighted by Crippen LogP contribution is -2.03. The van der Waals surface area contributed by atoms with E-state index in [0.717, 1.165) is 37.3 Å². The Morgan fingerprint density at radius 2 is 2.04 bits per heavy atom. The van der Waals surface area contributed by atoms with E-state index in [1.54, 1.807) is 11.3 Å². The number of halogens is 1. The first kappa shape index (κ1) is 20.2. The van der Waals surface area contributed by atoms with E-state index in [9.17, 15) is 0 Å². The van der Waals surface area contributed by atoms with Crippen molar-refractivity contribution in [3.8, 4) is 0 Å². The van der Waals surface area contributed by atoms with Crippen LogP contribution in [0.25, 0.3) is 20.4 Å². The van der Waals surface area contributed by atoms with Gasteiger partial charge in [-0.3, -0.25) is 4.68 Å². The molecule has 3 aromatic rings. The van der Waals surface area contributed by atoms with E-state index >= 15 is 0 Å². The maximum Gasteiger partial charge on any atom is 0.163 e. The fraction of sp³-hybridized carbons (Fsp3) is 0.300. The summed E-state index contributed by atoms with van der Waals surface area (Å²) in [6.07, 6.45) is 7.82. The Hall–Kier alpha value is -2.11. The molecule has 0 aliphatic heterocycles. The highest BCUT2D eigenvalue weighted by molar-refractivity contribution is 7.26. The fourth-order valence-corrected chi connectivity index (χ4v) is 4.06. The highest BCUT2D eigenvalue weighted by atomic mass is 35.5. The summed E-state index contributed by atoms with van der Waals surface area (Å²) in [7, 11) is 0. The molecule has 0 fully saturated rings. The van der Waals surface area contributed by atoms with Crippen molar-refractivity contribution < 1.29 is 0 Å². The molecule has 0 saturated heterocycles. The average molecular weight is 389 g/mol. The Morgan fingerprint density at radius 1 is 1.35 bits per heavy atom. The quantitative estimate of drug-likeness (QED) is 0.540. The van der Waals surface area contributed by atoms with E-state index < -0.39 is 0 Å². The fourth-order valence-electron chi connectivity index (χ4n) is 2.75. The molecule has 0 amide bonds. The first-order valence-corrected chi connectivity index (χ1v) is 9.82. The van der Waals surface area contributed by atoms with Crippen LogP contribution in [0.1, 0.15) is 32.0 Å². The zero-order chi connectivity index (χ0) is 19.4. The standard InChI is InChI=1S/C18H19ClN4S.C2H6/c1-5-7-8-12(6-2)9-23-15-13-10(3)14(19)11(4)21-18(13)24-16(15)17(20)22-23;1-2/h5-8H,2,9H2,1,3-4H3,(H2,20,22);1-2H3/b7-5-,12-8+;. The van der Waals surface area contributed by atoms with E-state index in [4.69, 9.17) is 17.3 Å². The summed E-state index contributed by atoms with van der Waals surface area (Å²) in [5.41, 5.74) is 10.0. The normalized spacial score (nSPS) is 12.0. The van der Waals surface area contributed by atoms with Gasteiger partial charge in [0.25, 0.3) is 0 Å². The molecule has 0 aromatic carbocycles. The molecule has 0 radical (unpaired) electrons. The molecule has 0 saturated carbocycles. The number of anilines is 1. The number of nitrogens with two attached hydrogens (primary N) is 1. The Kier molecular flexibility index (Phi) is 6.62. The average Bonchev–Trinajstić information content (AvgIpc) is 3.16. The largest absolute Gasteiger partial charge is 0.381 e. The van der Waals surface area contributed by atoms with Crippen LogP contribution in [0.5, 0.6) is 0 Å². The van der Waals surface area contributed by atoms with Crippen molar-refractivity contribution in [3.63, 3.8) is 0 Å². The van der Waals surface area contributed by atoms with E-state index in [1.807, 2.05) is 63.6 Å². The topological polar surface area (TPSA) is 56.7 Å². The second-order valence-electron chi connectivity index (χ2n) is 5.61. The van der Waals surface area contributed by atoms with E-state index in [2.05, 4.69) is 16.7 Å². The van der Waals surface area contributed by atoms with Crippen LogP contribution in [-0.2, 0) is 6.54 Å².